The molecule has 1 aliphatic heterocycles. The summed E-state index contributed by atoms with van der Waals surface area (Å²) in [6.07, 6.45) is 5.16. The highest BCUT2D eigenvalue weighted by Gasteiger charge is 2.38. The molecule has 1 aliphatic rings. The maximum atomic E-state index is 13.6. The lowest BCUT2D eigenvalue weighted by Crippen LogP contribution is -2.45. The molecule has 11 heteroatoms. The molecule has 0 aliphatic carbocycles. The van der Waals surface area contributed by atoms with Gasteiger partial charge in [0.1, 0.15) is 12.4 Å². The van der Waals surface area contributed by atoms with Crippen LogP contribution in [0, 0.1) is 13.8 Å². The molecule has 0 saturated carbocycles. The summed E-state index contributed by atoms with van der Waals surface area (Å²) in [5.74, 6) is -0.597. The van der Waals surface area contributed by atoms with E-state index in [2.05, 4.69) is 25.9 Å². The molecule has 1 N–H and O–H groups in total. The van der Waals surface area contributed by atoms with Gasteiger partial charge in [-0.3, -0.25) is 14.3 Å². The summed E-state index contributed by atoms with van der Waals surface area (Å²) >= 11 is 6.22. The number of benzene rings is 2. The lowest BCUT2D eigenvalue weighted by molar-refractivity contribution is -0.135. The van der Waals surface area contributed by atoms with Crippen LogP contribution in [0.25, 0.3) is 11.8 Å². The molecule has 10 nitrogen and oxygen atoms in total. The zero-order chi connectivity index (χ0) is 28.1. The Morgan fingerprint density at radius 2 is 1.85 bits per heavy atom. The van der Waals surface area contributed by atoms with Crippen LogP contribution in [-0.2, 0) is 23.1 Å². The zero-order valence-electron chi connectivity index (χ0n) is 22.6. The van der Waals surface area contributed by atoms with E-state index in [1.165, 1.54) is 17.1 Å². The average Bonchev–Trinajstić information content (AvgIpc) is 3.57. The largest absolute Gasteiger partial charge is 0.324 e. The minimum absolute atomic E-state index is 0.292. The highest BCUT2D eigenvalue weighted by molar-refractivity contribution is 6.30. The molecule has 202 valence electrons. The van der Waals surface area contributed by atoms with Crippen LogP contribution in [0.3, 0.4) is 0 Å². The molecular formula is C28H31ClN8O2. The minimum Gasteiger partial charge on any atom is -0.324 e. The van der Waals surface area contributed by atoms with Crippen molar-refractivity contribution in [3.63, 3.8) is 0 Å². The third-order valence-corrected chi connectivity index (χ3v) is 6.64. The SMILES string of the molecule is CC.Cc1ccc(NC(=O)C2c3c(C)nn(C)c3CCN2C(=O)/C=C/c2cc(Cl)ccc2-n2cnnn2)cc1. The van der Waals surface area contributed by atoms with Crippen LogP contribution in [0.2, 0.25) is 5.02 Å². The number of aryl methyl sites for hydroxylation is 3. The van der Waals surface area contributed by atoms with E-state index in [4.69, 9.17) is 11.6 Å². The first kappa shape index (κ1) is 27.7. The predicted octanol–water partition coefficient (Wildman–Crippen LogP) is 4.47. The van der Waals surface area contributed by atoms with E-state index in [1.807, 2.05) is 59.0 Å². The van der Waals surface area contributed by atoms with Gasteiger partial charge in [0.25, 0.3) is 5.91 Å². The van der Waals surface area contributed by atoms with Crippen LogP contribution in [0.4, 0.5) is 5.69 Å². The van der Waals surface area contributed by atoms with Gasteiger partial charge in [-0.25, -0.2) is 0 Å². The number of carbonyl (C=O) groups is 2. The van der Waals surface area contributed by atoms with Gasteiger partial charge in [-0.1, -0.05) is 43.1 Å². The van der Waals surface area contributed by atoms with E-state index in [0.717, 1.165) is 22.5 Å². The summed E-state index contributed by atoms with van der Waals surface area (Å²) < 4.78 is 3.28. The Hall–Kier alpha value is -4.31. The predicted molar refractivity (Wildman–Crippen MR) is 150 cm³/mol. The van der Waals surface area contributed by atoms with Gasteiger partial charge in [0.2, 0.25) is 5.91 Å². The molecule has 1 atom stereocenters. The Bertz CT molecular complexity index is 1490. The summed E-state index contributed by atoms with van der Waals surface area (Å²) in [4.78, 5) is 28.7. The standard InChI is InChI=1S/C26H25ClN8O2.C2H6/c1-16-4-8-20(9-5-16)29-26(37)25-24-17(2)30-33(3)22(24)12-13-34(25)23(36)11-6-18-14-19(27)7-10-21(18)35-15-28-31-32-35;1-2/h4-11,14-15,25H,12-13H2,1-3H3,(H,29,37);1-2H3/b11-6+;. The number of hydrogen-bond donors (Lipinski definition) is 1. The average molecular weight is 547 g/mol. The molecule has 0 saturated heterocycles. The number of hydrogen-bond acceptors (Lipinski definition) is 6. The highest BCUT2D eigenvalue weighted by atomic mass is 35.5. The number of amides is 2. The lowest BCUT2D eigenvalue weighted by atomic mass is 9.95. The number of aromatic nitrogens is 6. The fourth-order valence-corrected chi connectivity index (χ4v) is 4.82. The normalized spacial score (nSPS) is 14.5. The second-order valence-corrected chi connectivity index (χ2v) is 9.34. The van der Waals surface area contributed by atoms with E-state index in [-0.39, 0.29) is 11.8 Å². The molecule has 0 radical (unpaired) electrons. The smallest absolute Gasteiger partial charge is 0.251 e. The molecular weight excluding hydrogens is 516 g/mol. The molecule has 0 bridgehead atoms. The molecule has 0 fully saturated rings. The monoisotopic (exact) mass is 546 g/mol. The molecule has 2 aromatic carbocycles. The minimum atomic E-state index is -0.825. The van der Waals surface area contributed by atoms with Crippen LogP contribution in [0.5, 0.6) is 0 Å². The number of fused-ring (bicyclic) bond motifs is 1. The van der Waals surface area contributed by atoms with Gasteiger partial charge >= 0.3 is 0 Å². The summed E-state index contributed by atoms with van der Waals surface area (Å²) in [7, 11) is 1.86. The van der Waals surface area contributed by atoms with E-state index in [9.17, 15) is 9.59 Å². The topological polar surface area (TPSA) is 111 Å². The third-order valence-electron chi connectivity index (χ3n) is 6.41. The van der Waals surface area contributed by atoms with Crippen molar-refractivity contribution in [1.29, 1.82) is 0 Å². The van der Waals surface area contributed by atoms with E-state index >= 15 is 0 Å². The van der Waals surface area contributed by atoms with Crippen molar-refractivity contribution >= 4 is 35.2 Å². The Kier molecular flexibility index (Phi) is 8.55. The van der Waals surface area contributed by atoms with Crippen LogP contribution in [-0.4, -0.2) is 53.2 Å². The van der Waals surface area contributed by atoms with Crippen LogP contribution in [0.15, 0.2) is 54.9 Å². The van der Waals surface area contributed by atoms with Crippen molar-refractivity contribution < 1.29 is 9.59 Å². The van der Waals surface area contributed by atoms with Crippen LogP contribution >= 0.6 is 11.6 Å². The van der Waals surface area contributed by atoms with Crippen molar-refractivity contribution in [1.82, 2.24) is 34.9 Å². The van der Waals surface area contributed by atoms with E-state index < -0.39 is 6.04 Å². The highest BCUT2D eigenvalue weighted by Crippen LogP contribution is 2.33. The summed E-state index contributed by atoms with van der Waals surface area (Å²) in [6.45, 7) is 8.21. The van der Waals surface area contributed by atoms with E-state index in [0.29, 0.717) is 34.9 Å². The second kappa shape index (κ2) is 12.0. The van der Waals surface area contributed by atoms with Crippen molar-refractivity contribution in [2.45, 2.75) is 40.2 Å². The van der Waals surface area contributed by atoms with Gasteiger partial charge in [0.05, 0.1) is 11.4 Å². The lowest BCUT2D eigenvalue weighted by Gasteiger charge is -2.34. The maximum absolute atomic E-state index is 13.6. The van der Waals surface area contributed by atoms with Gasteiger partial charge in [-0.15, -0.1) is 5.10 Å². The third kappa shape index (κ3) is 5.91. The Labute approximate surface area is 232 Å². The number of halogens is 1. The van der Waals surface area contributed by atoms with Crippen molar-refractivity contribution in [2.75, 3.05) is 11.9 Å². The van der Waals surface area contributed by atoms with Crippen molar-refractivity contribution in [3.8, 4) is 5.69 Å². The number of nitrogens with zero attached hydrogens (tertiary/aromatic N) is 7. The summed E-state index contributed by atoms with van der Waals surface area (Å²) in [5, 5.41) is 19.3. The Morgan fingerprint density at radius 1 is 1.10 bits per heavy atom. The Balaban J connectivity index is 0.00000172. The fourth-order valence-electron chi connectivity index (χ4n) is 4.64. The molecule has 1 unspecified atom stereocenters. The molecule has 39 heavy (non-hydrogen) atoms. The molecule has 5 rings (SSSR count). The number of carbonyl (C=O) groups excluding carboxylic acids is 2. The second-order valence-electron chi connectivity index (χ2n) is 8.90. The summed E-state index contributed by atoms with van der Waals surface area (Å²) in [6, 6.07) is 11.9. The molecule has 2 aromatic heterocycles. The number of nitrogens with one attached hydrogen (secondary N) is 1. The van der Waals surface area contributed by atoms with Crippen molar-refractivity contribution in [3.05, 3.63) is 88.0 Å². The first-order chi connectivity index (χ1) is 18.8. The van der Waals surface area contributed by atoms with Crippen molar-refractivity contribution in [2.24, 2.45) is 7.05 Å². The molecule has 2 amide bonds. The first-order valence-electron chi connectivity index (χ1n) is 12.7. The number of anilines is 1. The van der Waals surface area contributed by atoms with Crippen LogP contribution < -0.4 is 5.32 Å². The maximum Gasteiger partial charge on any atom is 0.251 e. The molecule has 3 heterocycles. The van der Waals surface area contributed by atoms with Gasteiger partial charge in [-0.2, -0.15) is 9.78 Å². The van der Waals surface area contributed by atoms with Gasteiger partial charge < -0.3 is 10.2 Å². The van der Waals surface area contributed by atoms with Crippen LogP contribution in [0.1, 0.15) is 48.0 Å². The number of tetrazole rings is 1. The summed E-state index contributed by atoms with van der Waals surface area (Å²) in [5.41, 5.74) is 5.50. The Morgan fingerprint density at radius 3 is 2.54 bits per heavy atom. The van der Waals surface area contributed by atoms with Gasteiger partial charge in [0.15, 0.2) is 0 Å². The zero-order valence-corrected chi connectivity index (χ0v) is 23.3. The van der Waals surface area contributed by atoms with E-state index in [1.54, 1.807) is 33.9 Å². The molecule has 4 aromatic rings. The quantitative estimate of drug-likeness (QED) is 0.370. The molecule has 0 spiro atoms. The first-order valence-corrected chi connectivity index (χ1v) is 13.1. The fraction of sp³-hybridized carbons (Fsp3) is 0.286. The van der Waals surface area contributed by atoms with Gasteiger partial charge in [-0.05, 0) is 60.7 Å². The van der Waals surface area contributed by atoms with Gasteiger partial charge in [0, 0.05) is 53.6 Å². The number of rotatable bonds is 5.